The van der Waals surface area contributed by atoms with Gasteiger partial charge in [0.2, 0.25) is 0 Å². The topological polar surface area (TPSA) is 41.6 Å². The smallest absolute Gasteiger partial charge is 0.318 e. The first-order valence-corrected chi connectivity index (χ1v) is 8.46. The van der Waals surface area contributed by atoms with Crippen LogP contribution in [-0.4, -0.2) is 36.2 Å². The molecule has 0 saturated carbocycles. The van der Waals surface area contributed by atoms with E-state index >= 15 is 0 Å². The second-order valence-electron chi connectivity index (χ2n) is 6.29. The number of hydrogen-bond donors (Lipinski definition) is 1. The first kappa shape index (κ1) is 16.5. The van der Waals surface area contributed by atoms with Gasteiger partial charge in [-0.3, -0.25) is 0 Å². The zero-order chi connectivity index (χ0) is 16.8. The van der Waals surface area contributed by atoms with Crippen molar-refractivity contribution in [2.75, 3.05) is 13.2 Å². The molecule has 0 bridgehead atoms. The maximum atomic E-state index is 12.5. The first-order valence-electron chi connectivity index (χ1n) is 8.46. The third-order valence-electron chi connectivity index (χ3n) is 4.36. The van der Waals surface area contributed by atoms with E-state index in [4.69, 9.17) is 4.74 Å². The van der Waals surface area contributed by atoms with Gasteiger partial charge in [-0.1, -0.05) is 60.7 Å². The largest absolute Gasteiger partial charge is 0.374 e. The highest BCUT2D eigenvalue weighted by Crippen LogP contribution is 2.16. The maximum absolute atomic E-state index is 12.5. The van der Waals surface area contributed by atoms with Gasteiger partial charge in [-0.15, -0.1) is 0 Å². The Bertz CT molecular complexity index is 645. The van der Waals surface area contributed by atoms with E-state index in [-0.39, 0.29) is 18.2 Å². The van der Waals surface area contributed by atoms with Crippen molar-refractivity contribution in [1.29, 1.82) is 0 Å². The molecule has 1 saturated heterocycles. The zero-order valence-corrected chi connectivity index (χ0v) is 14.0. The number of nitrogens with one attached hydrogen (secondary N) is 1. The van der Waals surface area contributed by atoms with Gasteiger partial charge in [0.05, 0.1) is 18.8 Å². The van der Waals surface area contributed by atoms with Crippen LogP contribution < -0.4 is 5.32 Å². The summed E-state index contributed by atoms with van der Waals surface area (Å²) in [5.41, 5.74) is 2.34. The summed E-state index contributed by atoms with van der Waals surface area (Å²) in [4.78, 5) is 14.4. The lowest BCUT2D eigenvalue weighted by atomic mass is 10.1. The molecule has 0 aromatic heterocycles. The SMILES string of the molecule is CC1COC(Cc2ccccc2)CN1C(=O)NCc1ccccc1. The molecule has 0 spiro atoms. The van der Waals surface area contributed by atoms with Crippen molar-refractivity contribution in [3.8, 4) is 0 Å². The fraction of sp³-hybridized carbons (Fsp3) is 0.350. The molecule has 2 unspecified atom stereocenters. The number of ether oxygens (including phenoxy) is 1. The Balaban J connectivity index is 1.56. The summed E-state index contributed by atoms with van der Waals surface area (Å²) in [7, 11) is 0. The molecule has 2 amide bonds. The van der Waals surface area contributed by atoms with E-state index in [0.717, 1.165) is 12.0 Å². The highest BCUT2D eigenvalue weighted by atomic mass is 16.5. The second-order valence-corrected chi connectivity index (χ2v) is 6.29. The van der Waals surface area contributed by atoms with E-state index < -0.39 is 0 Å². The Hall–Kier alpha value is -2.33. The highest BCUT2D eigenvalue weighted by molar-refractivity contribution is 5.74. The summed E-state index contributed by atoms with van der Waals surface area (Å²) in [6, 6.07) is 20.3. The van der Waals surface area contributed by atoms with Crippen LogP contribution in [0.2, 0.25) is 0 Å². The number of morpholine rings is 1. The lowest BCUT2D eigenvalue weighted by Crippen LogP contribution is -2.54. The minimum atomic E-state index is -0.0206. The Labute approximate surface area is 143 Å². The Morgan fingerprint density at radius 1 is 1.08 bits per heavy atom. The third kappa shape index (κ3) is 4.36. The molecule has 4 nitrogen and oxygen atoms in total. The lowest BCUT2D eigenvalue weighted by molar-refractivity contribution is -0.0404. The number of hydrogen-bond acceptors (Lipinski definition) is 2. The van der Waals surface area contributed by atoms with Crippen molar-refractivity contribution in [2.24, 2.45) is 0 Å². The summed E-state index contributed by atoms with van der Waals surface area (Å²) in [5.74, 6) is 0. The van der Waals surface area contributed by atoms with E-state index in [1.165, 1.54) is 5.56 Å². The molecule has 2 aromatic carbocycles. The van der Waals surface area contributed by atoms with Crippen molar-refractivity contribution in [3.05, 3.63) is 71.8 Å². The highest BCUT2D eigenvalue weighted by Gasteiger charge is 2.29. The normalized spacial score (nSPS) is 20.6. The molecule has 1 aliphatic rings. The van der Waals surface area contributed by atoms with Gasteiger partial charge in [-0.05, 0) is 18.1 Å². The van der Waals surface area contributed by atoms with Crippen molar-refractivity contribution >= 4 is 6.03 Å². The average Bonchev–Trinajstić information content (AvgIpc) is 2.63. The van der Waals surface area contributed by atoms with Crippen molar-refractivity contribution in [1.82, 2.24) is 10.2 Å². The first-order chi connectivity index (χ1) is 11.7. The molecule has 2 aromatic rings. The van der Waals surface area contributed by atoms with Crippen LogP contribution in [0, 0.1) is 0 Å². The van der Waals surface area contributed by atoms with Gasteiger partial charge in [-0.25, -0.2) is 4.79 Å². The number of amides is 2. The van der Waals surface area contributed by atoms with Crippen LogP contribution in [0.3, 0.4) is 0 Å². The number of urea groups is 1. The van der Waals surface area contributed by atoms with Crippen molar-refractivity contribution in [3.63, 3.8) is 0 Å². The van der Waals surface area contributed by atoms with E-state index in [1.807, 2.05) is 60.4 Å². The fourth-order valence-corrected chi connectivity index (χ4v) is 2.98. The Morgan fingerprint density at radius 3 is 2.38 bits per heavy atom. The molecule has 24 heavy (non-hydrogen) atoms. The predicted octanol–water partition coefficient (Wildman–Crippen LogP) is 3.23. The summed E-state index contributed by atoms with van der Waals surface area (Å²) < 4.78 is 5.92. The van der Waals surface area contributed by atoms with Crippen LogP contribution in [0.15, 0.2) is 60.7 Å². The van der Waals surface area contributed by atoms with E-state index in [0.29, 0.717) is 19.7 Å². The number of rotatable bonds is 4. The molecule has 0 radical (unpaired) electrons. The lowest BCUT2D eigenvalue weighted by Gasteiger charge is -2.38. The molecular weight excluding hydrogens is 300 g/mol. The molecule has 4 heteroatoms. The molecule has 0 aliphatic carbocycles. The molecule has 1 N–H and O–H groups in total. The van der Waals surface area contributed by atoms with Gasteiger partial charge >= 0.3 is 6.03 Å². The van der Waals surface area contributed by atoms with Crippen LogP contribution in [-0.2, 0) is 17.7 Å². The van der Waals surface area contributed by atoms with Crippen molar-refractivity contribution in [2.45, 2.75) is 32.0 Å². The van der Waals surface area contributed by atoms with Crippen molar-refractivity contribution < 1.29 is 9.53 Å². The monoisotopic (exact) mass is 324 g/mol. The average molecular weight is 324 g/mol. The van der Waals surface area contributed by atoms with E-state index in [2.05, 4.69) is 17.4 Å². The van der Waals surface area contributed by atoms with Gasteiger partial charge < -0.3 is 15.0 Å². The molecular formula is C20H24N2O2. The molecule has 1 aliphatic heterocycles. The van der Waals surface area contributed by atoms with Gasteiger partial charge in [0, 0.05) is 19.5 Å². The molecule has 1 fully saturated rings. The standard InChI is InChI=1S/C20H24N2O2/c1-16-15-24-19(12-17-8-4-2-5-9-17)14-22(16)20(23)21-13-18-10-6-3-7-11-18/h2-11,16,19H,12-15H2,1H3,(H,21,23). The van der Waals surface area contributed by atoms with E-state index in [9.17, 15) is 4.79 Å². The van der Waals surface area contributed by atoms with Crippen LogP contribution in [0.25, 0.3) is 0 Å². The molecule has 126 valence electrons. The van der Waals surface area contributed by atoms with Gasteiger partial charge in [0.15, 0.2) is 0 Å². The van der Waals surface area contributed by atoms with Crippen LogP contribution in [0.1, 0.15) is 18.1 Å². The number of carbonyl (C=O) groups excluding carboxylic acids is 1. The minimum Gasteiger partial charge on any atom is -0.374 e. The van der Waals surface area contributed by atoms with E-state index in [1.54, 1.807) is 0 Å². The summed E-state index contributed by atoms with van der Waals surface area (Å²) >= 11 is 0. The third-order valence-corrected chi connectivity index (χ3v) is 4.36. The molecule has 2 atom stereocenters. The number of nitrogens with zero attached hydrogens (tertiary/aromatic N) is 1. The van der Waals surface area contributed by atoms with Crippen LogP contribution >= 0.6 is 0 Å². The fourth-order valence-electron chi connectivity index (χ4n) is 2.98. The maximum Gasteiger partial charge on any atom is 0.318 e. The summed E-state index contributed by atoms with van der Waals surface area (Å²) in [6.07, 6.45) is 0.877. The van der Waals surface area contributed by atoms with Gasteiger partial charge in [-0.2, -0.15) is 0 Å². The zero-order valence-electron chi connectivity index (χ0n) is 14.0. The predicted molar refractivity (Wildman–Crippen MR) is 94.7 cm³/mol. The Kier molecular flexibility index (Phi) is 5.49. The van der Waals surface area contributed by atoms with Gasteiger partial charge in [0.1, 0.15) is 0 Å². The summed E-state index contributed by atoms with van der Waals surface area (Å²) in [6.45, 7) is 3.78. The number of carbonyl (C=O) groups is 1. The van der Waals surface area contributed by atoms with Crippen LogP contribution in [0.4, 0.5) is 4.79 Å². The number of benzene rings is 2. The molecule has 3 rings (SSSR count). The van der Waals surface area contributed by atoms with Crippen LogP contribution in [0.5, 0.6) is 0 Å². The second kappa shape index (κ2) is 7.97. The minimum absolute atomic E-state index is 0.0206. The molecule has 1 heterocycles. The quantitative estimate of drug-likeness (QED) is 0.938. The van der Waals surface area contributed by atoms with Gasteiger partial charge in [0.25, 0.3) is 0 Å². The Morgan fingerprint density at radius 2 is 1.71 bits per heavy atom. The summed E-state index contributed by atoms with van der Waals surface area (Å²) in [5, 5.41) is 3.01.